The minimum absolute atomic E-state index is 0.0604. The fourth-order valence-electron chi connectivity index (χ4n) is 3.63. The SMILES string of the molecule is CC(=O)NC1(c2cc(NC(=O)CCc3scnc3C)n[nH]2)CCC1.c1cc2cc-2c1. The van der Waals surface area contributed by atoms with Crippen molar-refractivity contribution < 1.29 is 9.59 Å². The number of nitrogens with one attached hydrogen (secondary N) is 3. The van der Waals surface area contributed by atoms with Gasteiger partial charge in [-0.3, -0.25) is 14.7 Å². The van der Waals surface area contributed by atoms with Crippen LogP contribution in [0.15, 0.2) is 35.8 Å². The number of benzene rings is 1. The number of aromatic amines is 1. The van der Waals surface area contributed by atoms with Crippen molar-refractivity contribution in [3.63, 3.8) is 0 Å². The van der Waals surface area contributed by atoms with Gasteiger partial charge in [-0.05, 0) is 49.8 Å². The van der Waals surface area contributed by atoms with Gasteiger partial charge >= 0.3 is 0 Å². The summed E-state index contributed by atoms with van der Waals surface area (Å²) < 4.78 is 0. The molecule has 0 saturated heterocycles. The van der Waals surface area contributed by atoms with Crippen LogP contribution in [-0.2, 0) is 21.5 Å². The smallest absolute Gasteiger partial charge is 0.225 e. The van der Waals surface area contributed by atoms with Gasteiger partial charge < -0.3 is 10.6 Å². The number of carbonyl (C=O) groups is 2. The first-order chi connectivity index (χ1) is 14.4. The van der Waals surface area contributed by atoms with Crippen molar-refractivity contribution in [3.05, 3.63) is 52.1 Å². The lowest BCUT2D eigenvalue weighted by atomic mass is 9.74. The standard InChI is InChI=1S/C16H21N5O2S.C6H4/c1-10-12(24-9-17-10)4-5-15(23)18-14-8-13(20-21-14)16(6-3-7-16)19-11(2)22;1-2-5-4-6(5)3-1/h8-9H,3-7H2,1-2H3,(H,19,22)(H2,18,20,21,23);1-4H. The van der Waals surface area contributed by atoms with E-state index in [1.54, 1.807) is 16.8 Å². The Morgan fingerprint density at radius 3 is 2.50 bits per heavy atom. The van der Waals surface area contributed by atoms with Gasteiger partial charge in [-0.15, -0.1) is 11.3 Å². The number of hydrogen-bond donors (Lipinski definition) is 3. The summed E-state index contributed by atoms with van der Waals surface area (Å²) in [6, 6.07) is 10.3. The number of nitrogens with zero attached hydrogens (tertiary/aromatic N) is 2. The largest absolute Gasteiger partial charge is 0.345 e. The Hall–Kier alpha value is -3.00. The molecule has 3 N–H and O–H groups in total. The highest BCUT2D eigenvalue weighted by Crippen LogP contribution is 2.40. The van der Waals surface area contributed by atoms with Gasteiger partial charge in [0.05, 0.1) is 22.4 Å². The number of amides is 2. The molecular weight excluding hydrogens is 398 g/mol. The number of thiazole rings is 1. The van der Waals surface area contributed by atoms with Crippen molar-refractivity contribution in [3.8, 4) is 11.1 Å². The highest BCUT2D eigenvalue weighted by Gasteiger charge is 2.41. The van der Waals surface area contributed by atoms with E-state index in [9.17, 15) is 9.59 Å². The van der Waals surface area contributed by atoms with Crippen LogP contribution in [0.3, 0.4) is 0 Å². The van der Waals surface area contributed by atoms with E-state index in [2.05, 4.69) is 50.1 Å². The first-order valence-electron chi connectivity index (χ1n) is 10.1. The van der Waals surface area contributed by atoms with Crippen molar-refractivity contribution >= 4 is 29.0 Å². The maximum atomic E-state index is 12.1. The van der Waals surface area contributed by atoms with Gasteiger partial charge in [-0.2, -0.15) is 5.10 Å². The summed E-state index contributed by atoms with van der Waals surface area (Å²) in [7, 11) is 0. The van der Waals surface area contributed by atoms with E-state index in [0.29, 0.717) is 18.7 Å². The maximum Gasteiger partial charge on any atom is 0.225 e. The third kappa shape index (κ3) is 4.59. The minimum Gasteiger partial charge on any atom is -0.345 e. The molecule has 156 valence electrons. The molecule has 8 heteroatoms. The fraction of sp³-hybridized carbons (Fsp3) is 0.364. The molecule has 5 rings (SSSR count). The lowest BCUT2D eigenvalue weighted by molar-refractivity contribution is -0.122. The summed E-state index contributed by atoms with van der Waals surface area (Å²) in [5.41, 5.74) is 6.11. The topological polar surface area (TPSA) is 99.8 Å². The number of H-pyrrole nitrogens is 1. The van der Waals surface area contributed by atoms with Gasteiger partial charge in [0.25, 0.3) is 0 Å². The van der Waals surface area contributed by atoms with Gasteiger partial charge in [0, 0.05) is 24.3 Å². The molecule has 30 heavy (non-hydrogen) atoms. The first-order valence-corrected chi connectivity index (χ1v) is 11.0. The Labute approximate surface area is 179 Å². The van der Waals surface area contributed by atoms with E-state index in [0.717, 1.165) is 35.5 Å². The second-order valence-electron chi connectivity index (χ2n) is 7.77. The zero-order valence-corrected chi connectivity index (χ0v) is 17.9. The van der Waals surface area contributed by atoms with Crippen LogP contribution in [0.2, 0.25) is 0 Å². The normalized spacial score (nSPS) is 14.7. The first kappa shape index (κ1) is 20.3. The molecule has 3 aliphatic carbocycles. The molecule has 2 aromatic heterocycles. The van der Waals surface area contributed by atoms with Crippen LogP contribution >= 0.6 is 11.3 Å². The number of aromatic nitrogens is 3. The number of hydrogen-bond acceptors (Lipinski definition) is 5. The molecule has 0 unspecified atom stereocenters. The number of anilines is 1. The van der Waals surface area contributed by atoms with Crippen LogP contribution < -0.4 is 10.6 Å². The quantitative estimate of drug-likeness (QED) is 0.437. The van der Waals surface area contributed by atoms with Crippen LogP contribution in [0.25, 0.3) is 11.1 Å². The lowest BCUT2D eigenvalue weighted by Gasteiger charge is -2.41. The molecule has 7 nitrogen and oxygen atoms in total. The van der Waals surface area contributed by atoms with Gasteiger partial charge in [0.1, 0.15) is 0 Å². The van der Waals surface area contributed by atoms with Gasteiger partial charge in [0.2, 0.25) is 11.8 Å². The summed E-state index contributed by atoms with van der Waals surface area (Å²) >= 11 is 1.57. The highest BCUT2D eigenvalue weighted by molar-refractivity contribution is 7.09. The molecule has 0 radical (unpaired) electrons. The molecule has 3 aliphatic rings. The van der Waals surface area contributed by atoms with Gasteiger partial charge in [0.15, 0.2) is 5.82 Å². The molecule has 0 aliphatic heterocycles. The van der Waals surface area contributed by atoms with Crippen LogP contribution in [0.4, 0.5) is 5.82 Å². The fourth-order valence-corrected chi connectivity index (χ4v) is 4.42. The molecule has 1 fully saturated rings. The number of carbonyl (C=O) groups excluding carboxylic acids is 2. The number of aryl methyl sites for hydroxylation is 2. The predicted molar refractivity (Wildman–Crippen MR) is 117 cm³/mol. The molecule has 2 heterocycles. The Balaban J connectivity index is 0.000000305. The third-order valence-electron chi connectivity index (χ3n) is 5.52. The van der Waals surface area contributed by atoms with Crippen LogP contribution in [-0.4, -0.2) is 27.0 Å². The Bertz CT molecular complexity index is 1050. The van der Waals surface area contributed by atoms with Crippen LogP contribution in [0, 0.1) is 6.92 Å². The summed E-state index contributed by atoms with van der Waals surface area (Å²) in [6.07, 6.45) is 3.90. The average Bonchev–Trinajstić information content (AvgIpc) is 3.07. The maximum absolute atomic E-state index is 12.1. The lowest BCUT2D eigenvalue weighted by Crippen LogP contribution is -2.50. The molecular formula is C22H25N5O2S. The summed E-state index contributed by atoms with van der Waals surface area (Å²) in [5.74, 6) is 0.352. The van der Waals surface area contributed by atoms with Crippen molar-refractivity contribution in [2.45, 2.75) is 51.5 Å². The van der Waals surface area contributed by atoms with E-state index in [4.69, 9.17) is 0 Å². The second-order valence-corrected chi connectivity index (χ2v) is 8.71. The molecule has 0 spiro atoms. The zero-order chi connectivity index (χ0) is 21.1. The molecule has 0 bridgehead atoms. The van der Waals surface area contributed by atoms with Gasteiger partial charge in [-0.1, -0.05) is 18.2 Å². The number of rotatable bonds is 6. The monoisotopic (exact) mass is 423 g/mol. The Morgan fingerprint density at radius 2 is 2.00 bits per heavy atom. The zero-order valence-electron chi connectivity index (χ0n) is 17.1. The molecule has 0 atom stereocenters. The summed E-state index contributed by atoms with van der Waals surface area (Å²) in [5, 5.41) is 12.9. The van der Waals surface area contributed by atoms with E-state index in [1.165, 1.54) is 18.1 Å². The molecule has 0 aromatic carbocycles. The highest BCUT2D eigenvalue weighted by atomic mass is 32.1. The van der Waals surface area contributed by atoms with Crippen molar-refractivity contribution in [2.24, 2.45) is 0 Å². The Kier molecular flexibility index (Phi) is 5.67. The Morgan fingerprint density at radius 1 is 1.23 bits per heavy atom. The van der Waals surface area contributed by atoms with Crippen LogP contribution in [0.1, 0.15) is 48.9 Å². The van der Waals surface area contributed by atoms with E-state index >= 15 is 0 Å². The van der Waals surface area contributed by atoms with E-state index in [-0.39, 0.29) is 17.4 Å². The van der Waals surface area contributed by atoms with Crippen LogP contribution in [0.5, 0.6) is 0 Å². The predicted octanol–water partition coefficient (Wildman–Crippen LogP) is 3.93. The van der Waals surface area contributed by atoms with Crippen molar-refractivity contribution in [2.75, 3.05) is 5.32 Å². The second kappa shape index (κ2) is 8.39. The van der Waals surface area contributed by atoms with Crippen molar-refractivity contribution in [1.29, 1.82) is 0 Å². The van der Waals surface area contributed by atoms with Crippen molar-refractivity contribution in [1.82, 2.24) is 20.5 Å². The molecule has 2 aromatic rings. The minimum atomic E-state index is -0.360. The van der Waals surface area contributed by atoms with Gasteiger partial charge in [-0.25, -0.2) is 4.98 Å². The molecule has 1 saturated carbocycles. The summed E-state index contributed by atoms with van der Waals surface area (Å²) in [6.45, 7) is 3.46. The number of fused-ring (bicyclic) bond motifs is 1. The summed E-state index contributed by atoms with van der Waals surface area (Å²) in [4.78, 5) is 28.8. The average molecular weight is 424 g/mol. The van der Waals surface area contributed by atoms with E-state index in [1.807, 2.05) is 13.0 Å². The van der Waals surface area contributed by atoms with E-state index < -0.39 is 0 Å². The molecule has 2 amide bonds. The third-order valence-corrected chi connectivity index (χ3v) is 6.51.